The van der Waals surface area contributed by atoms with Gasteiger partial charge in [-0.15, -0.1) is 0 Å². The molecule has 0 unspecified atom stereocenters. The van der Waals surface area contributed by atoms with Crippen LogP contribution in [0, 0.1) is 5.92 Å². The molecule has 1 aliphatic rings. The van der Waals surface area contributed by atoms with Crippen LogP contribution in [0.3, 0.4) is 0 Å². The van der Waals surface area contributed by atoms with Crippen molar-refractivity contribution < 1.29 is 4.79 Å². The van der Waals surface area contributed by atoms with Gasteiger partial charge in [-0.3, -0.25) is 9.69 Å². The fraction of sp³-hybridized carbons (Fsp3) is 0.938. The highest BCUT2D eigenvalue weighted by atomic mass is 16.2. The average Bonchev–Trinajstić information content (AvgIpc) is 2.75. The molecule has 0 aliphatic carbocycles. The molecule has 0 aromatic rings. The Kier molecular flexibility index (Phi) is 6.31. The second-order valence-electron chi connectivity index (χ2n) is 6.44. The normalized spacial score (nSPS) is 21.1. The third-order valence-corrected chi connectivity index (χ3v) is 4.69. The maximum atomic E-state index is 12.6. The molecule has 3 heteroatoms. The molecule has 0 aromatic carbocycles. The number of nitrogens with zero attached hydrogens (tertiary/aromatic N) is 1. The highest BCUT2D eigenvalue weighted by Crippen LogP contribution is 2.29. The molecule has 0 radical (unpaired) electrons. The lowest BCUT2D eigenvalue weighted by atomic mass is 9.78. The smallest absolute Gasteiger partial charge is 0.237 e. The maximum absolute atomic E-state index is 12.6. The summed E-state index contributed by atoms with van der Waals surface area (Å²) < 4.78 is 0. The Balaban J connectivity index is 2.77. The summed E-state index contributed by atoms with van der Waals surface area (Å²) in [5.41, 5.74) is -0.00991. The lowest BCUT2D eigenvalue weighted by molar-refractivity contribution is -0.128. The molecule has 0 bridgehead atoms. The second kappa shape index (κ2) is 7.28. The van der Waals surface area contributed by atoms with Crippen LogP contribution in [-0.2, 0) is 4.79 Å². The van der Waals surface area contributed by atoms with Crippen molar-refractivity contribution in [2.75, 3.05) is 13.6 Å². The van der Waals surface area contributed by atoms with Crippen molar-refractivity contribution in [2.45, 2.75) is 77.8 Å². The first-order chi connectivity index (χ1) is 8.96. The minimum atomic E-state index is -0.00991. The molecule has 1 amide bonds. The van der Waals surface area contributed by atoms with E-state index >= 15 is 0 Å². The zero-order valence-electron chi connectivity index (χ0n) is 13.5. The van der Waals surface area contributed by atoms with E-state index in [0.717, 1.165) is 45.1 Å². The van der Waals surface area contributed by atoms with Crippen LogP contribution in [-0.4, -0.2) is 36.0 Å². The Labute approximate surface area is 119 Å². The number of rotatable bonds is 7. The summed E-state index contributed by atoms with van der Waals surface area (Å²) in [7, 11) is 2.06. The summed E-state index contributed by atoms with van der Waals surface area (Å²) in [6, 6.07) is 0.0897. The van der Waals surface area contributed by atoms with Gasteiger partial charge in [0.15, 0.2) is 0 Å². The average molecular weight is 268 g/mol. The van der Waals surface area contributed by atoms with E-state index in [1.165, 1.54) is 0 Å². The van der Waals surface area contributed by atoms with E-state index in [1.807, 2.05) is 0 Å². The summed E-state index contributed by atoms with van der Waals surface area (Å²) in [4.78, 5) is 14.8. The number of carbonyl (C=O) groups excluding carboxylic acids is 1. The molecular weight excluding hydrogens is 236 g/mol. The Morgan fingerprint density at radius 3 is 2.26 bits per heavy atom. The fourth-order valence-electron chi connectivity index (χ4n) is 3.43. The third-order valence-electron chi connectivity index (χ3n) is 4.69. The van der Waals surface area contributed by atoms with Crippen LogP contribution in [0.25, 0.3) is 0 Å². The third kappa shape index (κ3) is 3.95. The highest BCUT2D eigenvalue weighted by Gasteiger charge is 2.37. The molecule has 1 N–H and O–H groups in total. The Hall–Kier alpha value is -0.570. The Bertz CT molecular complexity index is 282. The summed E-state index contributed by atoms with van der Waals surface area (Å²) in [6.45, 7) is 9.95. The van der Waals surface area contributed by atoms with Gasteiger partial charge in [-0.25, -0.2) is 0 Å². The SMILES string of the molecule is CCCC(CCC)(NC(=O)[C@@H]1CCCN1C)C(C)C. The summed E-state index contributed by atoms with van der Waals surface area (Å²) >= 11 is 0. The van der Waals surface area contributed by atoms with Crippen molar-refractivity contribution in [1.82, 2.24) is 10.2 Å². The molecule has 3 nitrogen and oxygen atoms in total. The van der Waals surface area contributed by atoms with E-state index in [1.54, 1.807) is 0 Å². The maximum Gasteiger partial charge on any atom is 0.237 e. The van der Waals surface area contributed by atoms with Gasteiger partial charge in [0.1, 0.15) is 0 Å². The van der Waals surface area contributed by atoms with Crippen LogP contribution in [0.2, 0.25) is 0 Å². The number of amides is 1. The molecule has 1 atom stereocenters. The Morgan fingerprint density at radius 2 is 1.89 bits per heavy atom. The number of hydrogen-bond acceptors (Lipinski definition) is 2. The van der Waals surface area contributed by atoms with Crippen molar-refractivity contribution in [3.63, 3.8) is 0 Å². The first-order valence-corrected chi connectivity index (χ1v) is 7.99. The lowest BCUT2D eigenvalue weighted by Gasteiger charge is -2.40. The van der Waals surface area contributed by atoms with Gasteiger partial charge >= 0.3 is 0 Å². The largest absolute Gasteiger partial charge is 0.349 e. The summed E-state index contributed by atoms with van der Waals surface area (Å²) in [6.07, 6.45) is 6.57. The van der Waals surface area contributed by atoms with Gasteiger partial charge in [-0.2, -0.15) is 0 Å². The predicted octanol–water partition coefficient (Wildman–Crippen LogP) is 3.19. The van der Waals surface area contributed by atoms with E-state index in [2.05, 4.69) is 45.0 Å². The standard InChI is InChI=1S/C16H32N2O/c1-6-10-16(11-7-2,13(3)4)17-15(19)14-9-8-12-18(14)5/h13-14H,6-12H2,1-5H3,(H,17,19)/t14-/m0/s1. The molecule has 0 spiro atoms. The first kappa shape index (κ1) is 16.5. The van der Waals surface area contributed by atoms with Crippen molar-refractivity contribution in [3.8, 4) is 0 Å². The van der Waals surface area contributed by atoms with Crippen LogP contribution in [0.1, 0.15) is 66.2 Å². The molecule has 112 valence electrons. The number of nitrogens with one attached hydrogen (secondary N) is 1. The van der Waals surface area contributed by atoms with E-state index in [0.29, 0.717) is 5.92 Å². The molecule has 19 heavy (non-hydrogen) atoms. The molecular formula is C16H32N2O. The zero-order chi connectivity index (χ0) is 14.5. The molecule has 1 rings (SSSR count). The Morgan fingerprint density at radius 1 is 1.32 bits per heavy atom. The molecule has 0 aromatic heterocycles. The molecule has 0 saturated carbocycles. The summed E-state index contributed by atoms with van der Waals surface area (Å²) in [5.74, 6) is 0.735. The molecule has 1 aliphatic heterocycles. The van der Waals surface area contributed by atoms with Crippen LogP contribution in [0.4, 0.5) is 0 Å². The lowest BCUT2D eigenvalue weighted by Crippen LogP contribution is -2.56. The van der Waals surface area contributed by atoms with Crippen molar-refractivity contribution in [2.24, 2.45) is 5.92 Å². The molecule has 1 heterocycles. The highest BCUT2D eigenvalue weighted by molar-refractivity contribution is 5.82. The van der Waals surface area contributed by atoms with Crippen molar-refractivity contribution in [1.29, 1.82) is 0 Å². The van der Waals surface area contributed by atoms with Gasteiger partial charge in [0.2, 0.25) is 5.91 Å². The predicted molar refractivity (Wildman–Crippen MR) is 81.2 cm³/mol. The molecule has 1 saturated heterocycles. The number of hydrogen-bond donors (Lipinski definition) is 1. The first-order valence-electron chi connectivity index (χ1n) is 7.99. The monoisotopic (exact) mass is 268 g/mol. The van der Waals surface area contributed by atoms with Crippen LogP contribution in [0.5, 0.6) is 0 Å². The molecule has 1 fully saturated rings. The van der Waals surface area contributed by atoms with Gasteiger partial charge in [-0.05, 0) is 45.2 Å². The van der Waals surface area contributed by atoms with Crippen LogP contribution >= 0.6 is 0 Å². The minimum Gasteiger partial charge on any atom is -0.349 e. The van der Waals surface area contributed by atoms with Gasteiger partial charge in [0.05, 0.1) is 6.04 Å². The van der Waals surface area contributed by atoms with Crippen LogP contribution in [0.15, 0.2) is 0 Å². The quantitative estimate of drug-likeness (QED) is 0.769. The van der Waals surface area contributed by atoms with Crippen LogP contribution < -0.4 is 5.32 Å². The van der Waals surface area contributed by atoms with E-state index in [4.69, 9.17) is 0 Å². The van der Waals surface area contributed by atoms with E-state index < -0.39 is 0 Å². The number of carbonyl (C=O) groups is 1. The number of likely N-dealkylation sites (tertiary alicyclic amines) is 1. The number of likely N-dealkylation sites (N-methyl/N-ethyl adjacent to an activating group) is 1. The van der Waals surface area contributed by atoms with E-state index in [9.17, 15) is 4.79 Å². The van der Waals surface area contributed by atoms with Gasteiger partial charge in [0, 0.05) is 5.54 Å². The topological polar surface area (TPSA) is 32.3 Å². The fourth-order valence-corrected chi connectivity index (χ4v) is 3.43. The van der Waals surface area contributed by atoms with E-state index in [-0.39, 0.29) is 17.5 Å². The van der Waals surface area contributed by atoms with Crippen molar-refractivity contribution >= 4 is 5.91 Å². The second-order valence-corrected chi connectivity index (χ2v) is 6.44. The summed E-state index contributed by atoms with van der Waals surface area (Å²) in [5, 5.41) is 3.42. The van der Waals surface area contributed by atoms with Gasteiger partial charge in [-0.1, -0.05) is 40.5 Å². The van der Waals surface area contributed by atoms with Gasteiger partial charge in [0.25, 0.3) is 0 Å². The minimum absolute atomic E-state index is 0.00991. The van der Waals surface area contributed by atoms with Crippen molar-refractivity contribution in [3.05, 3.63) is 0 Å². The zero-order valence-corrected chi connectivity index (χ0v) is 13.5. The van der Waals surface area contributed by atoms with Gasteiger partial charge < -0.3 is 5.32 Å².